The Morgan fingerprint density at radius 3 is 1.47 bits per heavy atom. The van der Waals surface area contributed by atoms with E-state index < -0.39 is 0 Å². The van der Waals surface area contributed by atoms with Gasteiger partial charge >= 0.3 is 0 Å². The lowest BCUT2D eigenvalue weighted by atomic mass is 10.3. The molecule has 0 unspecified atom stereocenters. The minimum atomic E-state index is 0.264. The van der Waals surface area contributed by atoms with Gasteiger partial charge < -0.3 is 9.47 Å². The molecule has 6 rings (SSSR count). The number of nitrogens with zero attached hydrogens (tertiary/aromatic N) is 8. The highest BCUT2D eigenvalue weighted by atomic mass is 32.1. The fraction of sp³-hybridized carbons (Fsp3) is 0.100. The van der Waals surface area contributed by atoms with Gasteiger partial charge in [0.15, 0.2) is 21.7 Å². The zero-order valence-corrected chi connectivity index (χ0v) is 18.0. The average Bonchev–Trinajstić information content (AvgIpc) is 3.59. The largest absolute Gasteiger partial charge is 0.486 e. The summed E-state index contributed by atoms with van der Waals surface area (Å²) in [6, 6.07) is 19.1. The van der Waals surface area contributed by atoms with E-state index in [0.29, 0.717) is 21.6 Å². The summed E-state index contributed by atoms with van der Waals surface area (Å²) in [6.45, 7) is 0.529. The van der Waals surface area contributed by atoms with Crippen molar-refractivity contribution in [3.05, 3.63) is 72.3 Å². The molecule has 0 amide bonds. The van der Waals surface area contributed by atoms with Gasteiger partial charge in [0, 0.05) is 0 Å². The maximum atomic E-state index is 5.78. The molecule has 0 atom stereocenters. The Morgan fingerprint density at radius 1 is 0.594 bits per heavy atom. The van der Waals surface area contributed by atoms with E-state index in [9.17, 15) is 0 Å². The number of para-hydroxylation sites is 2. The van der Waals surface area contributed by atoms with Crippen molar-refractivity contribution < 1.29 is 9.47 Å². The van der Waals surface area contributed by atoms with E-state index >= 15 is 0 Å². The summed E-state index contributed by atoms with van der Waals surface area (Å²) >= 11 is 2.81. The smallest absolute Gasteiger partial charge is 0.235 e. The van der Waals surface area contributed by atoms with Crippen molar-refractivity contribution in [3.63, 3.8) is 0 Å². The van der Waals surface area contributed by atoms with Gasteiger partial charge in [0.2, 0.25) is 9.92 Å². The summed E-state index contributed by atoms with van der Waals surface area (Å²) in [5.41, 5.74) is 0. The minimum Gasteiger partial charge on any atom is -0.486 e. The molecule has 0 N–H and O–H groups in total. The van der Waals surface area contributed by atoms with Gasteiger partial charge in [-0.05, 0) is 24.3 Å². The first-order valence-electron chi connectivity index (χ1n) is 9.62. The molecule has 12 heteroatoms. The number of ether oxygens (including phenoxy) is 2. The van der Waals surface area contributed by atoms with Crippen molar-refractivity contribution in [3.8, 4) is 21.5 Å². The Balaban J connectivity index is 1.23. The first kappa shape index (κ1) is 18.8. The average molecular weight is 463 g/mol. The standard InChI is InChI=1S/C20H14N8O2S2/c1-3-7-13(8-4-1)29-11-15-21-23-19-27(15)25-17(31-19)18-26-28-16(22-24-20(28)32-18)12-30-14-9-5-2-6-10-14/h1-10H,11-12H2. The molecule has 6 aromatic rings. The van der Waals surface area contributed by atoms with Crippen molar-refractivity contribution >= 4 is 32.6 Å². The summed E-state index contributed by atoms with van der Waals surface area (Å²) in [4.78, 5) is 1.34. The van der Waals surface area contributed by atoms with Gasteiger partial charge in [-0.2, -0.15) is 9.03 Å². The molecule has 0 aliphatic carbocycles. The van der Waals surface area contributed by atoms with Crippen molar-refractivity contribution in [2.24, 2.45) is 0 Å². The van der Waals surface area contributed by atoms with Crippen LogP contribution in [0.5, 0.6) is 11.5 Å². The number of rotatable bonds is 7. The second-order valence-electron chi connectivity index (χ2n) is 6.64. The Morgan fingerprint density at radius 2 is 1.03 bits per heavy atom. The molecule has 2 aromatic carbocycles. The number of hydrogen-bond donors (Lipinski definition) is 0. The zero-order valence-electron chi connectivity index (χ0n) is 16.4. The first-order valence-corrected chi connectivity index (χ1v) is 11.2. The van der Waals surface area contributed by atoms with E-state index in [2.05, 4.69) is 30.6 Å². The lowest BCUT2D eigenvalue weighted by molar-refractivity contribution is 0.292. The highest BCUT2D eigenvalue weighted by molar-refractivity contribution is 7.26. The molecule has 4 aromatic heterocycles. The minimum absolute atomic E-state index is 0.264. The summed E-state index contributed by atoms with van der Waals surface area (Å²) in [6.07, 6.45) is 0. The molecule has 0 bridgehead atoms. The lowest BCUT2D eigenvalue weighted by Gasteiger charge is -2.02. The van der Waals surface area contributed by atoms with Crippen LogP contribution < -0.4 is 9.47 Å². The third-order valence-corrected chi connectivity index (χ3v) is 6.46. The van der Waals surface area contributed by atoms with Crippen molar-refractivity contribution in [2.45, 2.75) is 13.2 Å². The molecule has 4 heterocycles. The van der Waals surface area contributed by atoms with Crippen LogP contribution in [0.25, 0.3) is 19.9 Å². The second-order valence-corrected chi connectivity index (χ2v) is 8.55. The summed E-state index contributed by atoms with van der Waals surface area (Å²) in [5, 5.41) is 27.5. The van der Waals surface area contributed by atoms with Gasteiger partial charge in [0.25, 0.3) is 0 Å². The van der Waals surface area contributed by atoms with Gasteiger partial charge in [0.05, 0.1) is 0 Å². The van der Waals surface area contributed by atoms with Gasteiger partial charge in [-0.15, -0.1) is 30.6 Å². The van der Waals surface area contributed by atoms with E-state index in [1.807, 2.05) is 60.7 Å². The highest BCUT2D eigenvalue weighted by Crippen LogP contribution is 2.29. The third-order valence-electron chi connectivity index (χ3n) is 4.52. The van der Waals surface area contributed by atoms with Crippen molar-refractivity contribution in [1.29, 1.82) is 0 Å². The molecule has 0 spiro atoms. The predicted octanol–water partition coefficient (Wildman–Crippen LogP) is 3.51. The Hall–Kier alpha value is -3.90. The number of benzene rings is 2. The molecular formula is C20H14N8O2S2. The molecule has 0 aliphatic rings. The van der Waals surface area contributed by atoms with E-state index in [-0.39, 0.29) is 13.2 Å². The molecule has 32 heavy (non-hydrogen) atoms. The van der Waals surface area contributed by atoms with E-state index in [1.54, 1.807) is 9.03 Å². The monoisotopic (exact) mass is 462 g/mol. The van der Waals surface area contributed by atoms with Crippen LogP contribution in [0, 0.1) is 0 Å². The zero-order chi connectivity index (χ0) is 21.3. The van der Waals surface area contributed by atoms with Gasteiger partial charge in [-0.1, -0.05) is 59.1 Å². The third kappa shape index (κ3) is 3.55. The SMILES string of the molecule is c1ccc(OCc2nnc3sc(-c4nn5c(COc6ccccc6)nnc5s4)nn23)cc1. The first-order chi connectivity index (χ1) is 15.8. The normalized spacial score (nSPS) is 11.4. The number of hydrogen-bond acceptors (Lipinski definition) is 10. The van der Waals surface area contributed by atoms with Crippen LogP contribution in [0.2, 0.25) is 0 Å². The number of aromatic nitrogens is 8. The summed E-state index contributed by atoms with van der Waals surface area (Å²) in [5.74, 6) is 2.76. The molecule has 158 valence electrons. The molecule has 10 nitrogen and oxygen atoms in total. The van der Waals surface area contributed by atoms with Crippen LogP contribution in [-0.2, 0) is 13.2 Å². The second kappa shape index (κ2) is 7.98. The van der Waals surface area contributed by atoms with Crippen LogP contribution in [0.4, 0.5) is 0 Å². The fourth-order valence-electron chi connectivity index (χ4n) is 3.00. The van der Waals surface area contributed by atoms with E-state index in [0.717, 1.165) is 21.5 Å². The molecule has 0 aliphatic heterocycles. The molecular weight excluding hydrogens is 448 g/mol. The van der Waals surface area contributed by atoms with Crippen molar-refractivity contribution in [1.82, 2.24) is 39.6 Å². The molecule has 0 saturated carbocycles. The Bertz CT molecular complexity index is 1380. The summed E-state index contributed by atoms with van der Waals surface area (Å²) < 4.78 is 14.9. The lowest BCUT2D eigenvalue weighted by Crippen LogP contribution is -2.03. The fourth-order valence-corrected chi connectivity index (χ4v) is 4.72. The Labute approximate surface area is 188 Å². The van der Waals surface area contributed by atoms with E-state index in [4.69, 9.17) is 9.47 Å². The van der Waals surface area contributed by atoms with Gasteiger partial charge in [-0.3, -0.25) is 0 Å². The van der Waals surface area contributed by atoms with Crippen LogP contribution >= 0.6 is 22.7 Å². The topological polar surface area (TPSA) is 105 Å². The van der Waals surface area contributed by atoms with E-state index in [1.165, 1.54) is 22.7 Å². The Kier molecular flexibility index (Phi) is 4.70. The summed E-state index contributed by atoms with van der Waals surface area (Å²) in [7, 11) is 0. The maximum absolute atomic E-state index is 5.78. The quantitative estimate of drug-likeness (QED) is 0.355. The van der Waals surface area contributed by atoms with Gasteiger partial charge in [-0.25, -0.2) is 0 Å². The number of fused-ring (bicyclic) bond motifs is 2. The van der Waals surface area contributed by atoms with Crippen LogP contribution in [-0.4, -0.2) is 39.6 Å². The predicted molar refractivity (Wildman–Crippen MR) is 118 cm³/mol. The van der Waals surface area contributed by atoms with Gasteiger partial charge in [0.1, 0.15) is 24.7 Å². The van der Waals surface area contributed by atoms with Crippen molar-refractivity contribution in [2.75, 3.05) is 0 Å². The van der Waals surface area contributed by atoms with Crippen LogP contribution in [0.1, 0.15) is 11.6 Å². The van der Waals surface area contributed by atoms with Crippen LogP contribution in [0.3, 0.4) is 0 Å². The highest BCUT2D eigenvalue weighted by Gasteiger charge is 2.19. The molecule has 0 radical (unpaired) electrons. The van der Waals surface area contributed by atoms with Crippen LogP contribution in [0.15, 0.2) is 60.7 Å². The maximum Gasteiger partial charge on any atom is 0.235 e. The molecule has 0 fully saturated rings. The molecule has 0 saturated heterocycles.